The van der Waals surface area contributed by atoms with Gasteiger partial charge in [-0.2, -0.15) is 0 Å². The summed E-state index contributed by atoms with van der Waals surface area (Å²) in [6.45, 7) is 2.27. The van der Waals surface area contributed by atoms with Gasteiger partial charge in [0.1, 0.15) is 18.5 Å². The van der Waals surface area contributed by atoms with E-state index in [1.807, 2.05) is 17.6 Å². The smallest absolute Gasteiger partial charge is 0.408 e. The van der Waals surface area contributed by atoms with E-state index in [9.17, 15) is 18.8 Å². The number of amides is 2. The number of benzene rings is 2. The summed E-state index contributed by atoms with van der Waals surface area (Å²) in [5.74, 6) is -2.00. The first-order chi connectivity index (χ1) is 16.4. The number of alkyl carbamates (subject to hydrolysis) is 1. The van der Waals surface area contributed by atoms with Crippen LogP contribution in [0.3, 0.4) is 0 Å². The first-order valence-corrected chi connectivity index (χ1v) is 10.6. The lowest BCUT2D eigenvalue weighted by Gasteiger charge is -2.17. The van der Waals surface area contributed by atoms with Crippen molar-refractivity contribution in [3.8, 4) is 11.3 Å². The third-order valence-electron chi connectivity index (χ3n) is 4.97. The van der Waals surface area contributed by atoms with E-state index in [0.717, 1.165) is 18.7 Å². The van der Waals surface area contributed by atoms with Crippen LogP contribution in [0.2, 0.25) is 0 Å². The Labute approximate surface area is 195 Å². The molecule has 10 heteroatoms. The quantitative estimate of drug-likeness (QED) is 0.467. The number of carbonyl (C=O) groups excluding carboxylic acids is 3. The van der Waals surface area contributed by atoms with Gasteiger partial charge in [0.25, 0.3) is 5.91 Å². The van der Waals surface area contributed by atoms with Gasteiger partial charge in [0.15, 0.2) is 0 Å². The molecule has 3 aromatic rings. The highest BCUT2D eigenvalue weighted by Crippen LogP contribution is 2.22. The number of ether oxygens (including phenoxy) is 2. The number of nitrogens with zero attached hydrogens (tertiary/aromatic N) is 2. The van der Waals surface area contributed by atoms with Crippen LogP contribution in [-0.2, 0) is 27.4 Å². The lowest BCUT2D eigenvalue weighted by molar-refractivity contribution is -0.142. The molecule has 2 amide bonds. The zero-order chi connectivity index (χ0) is 24.5. The van der Waals surface area contributed by atoms with Crippen molar-refractivity contribution >= 4 is 18.0 Å². The number of rotatable bonds is 9. The van der Waals surface area contributed by atoms with Gasteiger partial charge < -0.3 is 24.7 Å². The van der Waals surface area contributed by atoms with Gasteiger partial charge in [0, 0.05) is 24.2 Å². The van der Waals surface area contributed by atoms with Gasteiger partial charge in [-0.1, -0.05) is 30.3 Å². The topological polar surface area (TPSA) is 112 Å². The van der Waals surface area contributed by atoms with Crippen LogP contribution in [0.5, 0.6) is 0 Å². The molecule has 1 heterocycles. The van der Waals surface area contributed by atoms with Crippen LogP contribution >= 0.6 is 0 Å². The van der Waals surface area contributed by atoms with Crippen LogP contribution in [0.4, 0.5) is 9.18 Å². The molecular weight excluding hydrogens is 443 g/mol. The molecule has 0 aliphatic heterocycles. The Morgan fingerprint density at radius 1 is 1.15 bits per heavy atom. The van der Waals surface area contributed by atoms with Crippen LogP contribution < -0.4 is 10.6 Å². The number of esters is 1. The largest absolute Gasteiger partial charge is 0.467 e. The number of aryl methyl sites for hydroxylation is 1. The normalized spacial score (nSPS) is 11.4. The third kappa shape index (κ3) is 6.41. The van der Waals surface area contributed by atoms with E-state index in [-0.39, 0.29) is 18.7 Å². The average molecular weight is 468 g/mol. The molecule has 34 heavy (non-hydrogen) atoms. The maximum absolute atomic E-state index is 14.2. The zero-order valence-electron chi connectivity index (χ0n) is 18.8. The second-order valence-corrected chi connectivity index (χ2v) is 7.29. The number of imidazole rings is 1. The van der Waals surface area contributed by atoms with E-state index in [1.54, 1.807) is 36.8 Å². The Morgan fingerprint density at radius 3 is 2.62 bits per heavy atom. The monoisotopic (exact) mass is 468 g/mol. The minimum absolute atomic E-state index is 0.00728. The molecule has 0 radical (unpaired) electrons. The molecule has 1 atom stereocenters. The molecule has 0 unspecified atom stereocenters. The first-order valence-electron chi connectivity index (χ1n) is 10.6. The molecule has 0 saturated heterocycles. The van der Waals surface area contributed by atoms with Gasteiger partial charge in [0.05, 0.1) is 25.3 Å². The fourth-order valence-corrected chi connectivity index (χ4v) is 3.22. The summed E-state index contributed by atoms with van der Waals surface area (Å²) >= 11 is 0. The van der Waals surface area contributed by atoms with Crippen molar-refractivity contribution < 1.29 is 28.2 Å². The highest BCUT2D eigenvalue weighted by atomic mass is 19.1. The van der Waals surface area contributed by atoms with Crippen LogP contribution in [0.1, 0.15) is 22.8 Å². The summed E-state index contributed by atoms with van der Waals surface area (Å²) in [7, 11) is 1.16. The Balaban J connectivity index is 1.64. The first kappa shape index (κ1) is 24.4. The fourth-order valence-electron chi connectivity index (χ4n) is 3.22. The van der Waals surface area contributed by atoms with E-state index in [0.29, 0.717) is 17.8 Å². The average Bonchev–Trinajstić information content (AvgIpc) is 3.34. The van der Waals surface area contributed by atoms with Crippen LogP contribution in [0.15, 0.2) is 61.1 Å². The molecule has 0 saturated carbocycles. The highest BCUT2D eigenvalue weighted by Gasteiger charge is 2.23. The molecule has 9 nitrogen and oxygen atoms in total. The number of hydrogen-bond donors (Lipinski definition) is 2. The predicted octanol–water partition coefficient (Wildman–Crippen LogP) is 2.91. The molecule has 0 fully saturated rings. The Hall–Kier alpha value is -4.21. The van der Waals surface area contributed by atoms with Crippen molar-refractivity contribution in [2.24, 2.45) is 0 Å². The number of carbonyl (C=O) groups is 3. The SMILES string of the molecule is CCn1cncc1-c1cc(F)cc(C(=O)NC[C@@H](NC(=O)OCc2ccccc2)C(=O)OC)c1. The number of hydrogen-bond acceptors (Lipinski definition) is 6. The summed E-state index contributed by atoms with van der Waals surface area (Å²) in [5, 5.41) is 4.89. The fraction of sp³-hybridized carbons (Fsp3) is 0.250. The summed E-state index contributed by atoms with van der Waals surface area (Å²) < 4.78 is 25.9. The Kier molecular flexibility index (Phi) is 8.33. The maximum atomic E-state index is 14.2. The van der Waals surface area contributed by atoms with Crippen molar-refractivity contribution in [3.63, 3.8) is 0 Å². The Morgan fingerprint density at radius 2 is 1.91 bits per heavy atom. The van der Waals surface area contributed by atoms with E-state index in [1.165, 1.54) is 12.1 Å². The second-order valence-electron chi connectivity index (χ2n) is 7.29. The lowest BCUT2D eigenvalue weighted by Crippen LogP contribution is -2.49. The van der Waals surface area contributed by atoms with Gasteiger partial charge >= 0.3 is 12.1 Å². The van der Waals surface area contributed by atoms with Gasteiger partial charge in [-0.05, 0) is 30.7 Å². The molecule has 0 bridgehead atoms. The summed E-state index contributed by atoms with van der Waals surface area (Å²) in [6.07, 6.45) is 2.34. The molecular formula is C24H25FN4O5. The summed E-state index contributed by atoms with van der Waals surface area (Å²) in [4.78, 5) is 41.0. The van der Waals surface area contributed by atoms with Crippen molar-refractivity contribution in [2.45, 2.75) is 26.1 Å². The van der Waals surface area contributed by atoms with Gasteiger partial charge in [-0.15, -0.1) is 0 Å². The number of halogens is 1. The Bertz CT molecular complexity index is 1150. The van der Waals surface area contributed by atoms with Crippen molar-refractivity contribution in [3.05, 3.63) is 78.0 Å². The molecule has 0 aliphatic carbocycles. The van der Waals surface area contributed by atoms with Crippen molar-refractivity contribution in [1.29, 1.82) is 0 Å². The number of methoxy groups -OCH3 is 1. The van der Waals surface area contributed by atoms with Crippen molar-refractivity contribution in [2.75, 3.05) is 13.7 Å². The molecule has 0 aliphatic rings. The van der Waals surface area contributed by atoms with Gasteiger partial charge in [-0.25, -0.2) is 19.0 Å². The summed E-state index contributed by atoms with van der Waals surface area (Å²) in [5.41, 5.74) is 1.96. The number of nitrogens with one attached hydrogen (secondary N) is 2. The highest BCUT2D eigenvalue weighted by molar-refractivity contribution is 5.96. The van der Waals surface area contributed by atoms with Crippen LogP contribution in [-0.4, -0.2) is 47.2 Å². The predicted molar refractivity (Wildman–Crippen MR) is 121 cm³/mol. The molecule has 3 rings (SSSR count). The molecule has 1 aromatic heterocycles. The third-order valence-corrected chi connectivity index (χ3v) is 4.97. The van der Waals surface area contributed by atoms with E-state index in [4.69, 9.17) is 9.47 Å². The minimum atomic E-state index is -1.20. The van der Waals surface area contributed by atoms with Gasteiger partial charge in [0.2, 0.25) is 0 Å². The maximum Gasteiger partial charge on any atom is 0.408 e. The van der Waals surface area contributed by atoms with Gasteiger partial charge in [-0.3, -0.25) is 4.79 Å². The van der Waals surface area contributed by atoms with E-state index < -0.39 is 29.8 Å². The van der Waals surface area contributed by atoms with Crippen molar-refractivity contribution in [1.82, 2.24) is 20.2 Å². The minimum Gasteiger partial charge on any atom is -0.467 e. The number of aromatic nitrogens is 2. The standard InChI is InChI=1S/C24H25FN4O5/c1-3-29-15-26-13-21(29)17-9-18(11-19(25)10-17)22(30)27-12-20(23(31)33-2)28-24(32)34-14-16-7-5-4-6-8-16/h4-11,13,15,20H,3,12,14H2,1-2H3,(H,27,30)(H,28,32)/t20-/m1/s1. The van der Waals surface area contributed by atoms with E-state index >= 15 is 0 Å². The van der Waals surface area contributed by atoms with Crippen LogP contribution in [0, 0.1) is 5.82 Å². The summed E-state index contributed by atoms with van der Waals surface area (Å²) in [6, 6.07) is 11.7. The second kappa shape index (κ2) is 11.6. The molecule has 2 aromatic carbocycles. The van der Waals surface area contributed by atoms with E-state index in [2.05, 4.69) is 15.6 Å². The van der Waals surface area contributed by atoms with Crippen LogP contribution in [0.25, 0.3) is 11.3 Å². The molecule has 2 N–H and O–H groups in total. The lowest BCUT2D eigenvalue weighted by atomic mass is 10.1. The molecule has 178 valence electrons. The molecule has 0 spiro atoms. The zero-order valence-corrected chi connectivity index (χ0v) is 18.8.